The number of rotatable bonds is 4. The topological polar surface area (TPSA) is 47.7 Å². The Hall–Kier alpha value is -2.27. The van der Waals surface area contributed by atoms with Crippen LogP contribution in [0, 0.1) is 6.92 Å². The molecule has 0 amide bonds. The Kier molecular flexibility index (Phi) is 3.66. The summed E-state index contributed by atoms with van der Waals surface area (Å²) >= 11 is 6.33. The lowest BCUT2D eigenvalue weighted by Gasteiger charge is -2.14. The summed E-state index contributed by atoms with van der Waals surface area (Å²) in [6.45, 7) is 2.75. The zero-order valence-corrected chi connectivity index (χ0v) is 12.7. The van der Waals surface area contributed by atoms with Crippen LogP contribution in [0.3, 0.4) is 0 Å². The number of hydrogen-bond acceptors (Lipinski definition) is 3. The molecule has 3 rings (SSSR count). The van der Waals surface area contributed by atoms with Crippen molar-refractivity contribution in [3.05, 3.63) is 59.4 Å². The minimum Gasteiger partial charge on any atom is -0.379 e. The maximum Gasteiger partial charge on any atom is 0.0992 e. The third-order valence-corrected chi connectivity index (χ3v) is 3.86. The number of nitrogens with one attached hydrogen (secondary N) is 1. The van der Waals surface area contributed by atoms with E-state index in [0.29, 0.717) is 11.6 Å². The summed E-state index contributed by atoms with van der Waals surface area (Å²) < 4.78 is 3.77. The van der Waals surface area contributed by atoms with E-state index in [2.05, 4.69) is 22.3 Å². The molecule has 0 aliphatic rings. The highest BCUT2D eigenvalue weighted by Crippen LogP contribution is 2.28. The van der Waals surface area contributed by atoms with E-state index in [0.717, 1.165) is 22.6 Å². The molecular weight excluding hydrogens is 286 g/mol. The molecule has 0 unspecified atom stereocenters. The fourth-order valence-corrected chi connectivity index (χ4v) is 2.49. The number of para-hydroxylation sites is 1. The predicted octanol–water partition coefficient (Wildman–Crippen LogP) is 3.18. The van der Waals surface area contributed by atoms with Gasteiger partial charge in [0.1, 0.15) is 0 Å². The van der Waals surface area contributed by atoms with Crippen molar-refractivity contribution in [3.63, 3.8) is 0 Å². The molecule has 6 heteroatoms. The van der Waals surface area contributed by atoms with Crippen LogP contribution in [-0.2, 0) is 13.6 Å². The molecule has 1 aromatic carbocycles. The summed E-state index contributed by atoms with van der Waals surface area (Å²) in [7, 11) is 1.94. The van der Waals surface area contributed by atoms with Crippen LogP contribution in [0.1, 0.15) is 11.3 Å². The Bertz CT molecular complexity index is 746. The van der Waals surface area contributed by atoms with E-state index in [1.165, 1.54) is 0 Å². The molecule has 0 bridgehead atoms. The number of aryl methyl sites for hydroxylation is 1. The molecule has 0 atom stereocenters. The van der Waals surface area contributed by atoms with Crippen molar-refractivity contribution < 1.29 is 0 Å². The molecule has 3 aromatic rings. The van der Waals surface area contributed by atoms with Crippen molar-refractivity contribution in [2.24, 2.45) is 7.05 Å². The van der Waals surface area contributed by atoms with Crippen LogP contribution in [0.4, 0.5) is 5.69 Å². The van der Waals surface area contributed by atoms with E-state index < -0.39 is 0 Å². The zero-order valence-electron chi connectivity index (χ0n) is 11.9. The van der Waals surface area contributed by atoms with Crippen LogP contribution in [0.15, 0.2) is 43.1 Å². The third kappa shape index (κ3) is 2.64. The second-order valence-electron chi connectivity index (χ2n) is 4.84. The van der Waals surface area contributed by atoms with Crippen molar-refractivity contribution in [2.45, 2.75) is 13.5 Å². The molecule has 5 nitrogen and oxygen atoms in total. The van der Waals surface area contributed by atoms with Gasteiger partial charge >= 0.3 is 0 Å². The number of anilines is 1. The lowest BCUT2D eigenvalue weighted by molar-refractivity contribution is 0.738. The van der Waals surface area contributed by atoms with Crippen molar-refractivity contribution in [3.8, 4) is 5.69 Å². The van der Waals surface area contributed by atoms with Gasteiger partial charge in [-0.05, 0) is 19.1 Å². The summed E-state index contributed by atoms with van der Waals surface area (Å²) in [6, 6.07) is 5.81. The summed E-state index contributed by atoms with van der Waals surface area (Å²) in [5.74, 6) is 0. The Balaban J connectivity index is 1.89. The molecule has 0 radical (unpaired) electrons. The normalized spacial score (nSPS) is 10.8. The highest BCUT2D eigenvalue weighted by molar-refractivity contribution is 6.33. The first-order chi connectivity index (χ1) is 10.2. The Labute approximate surface area is 128 Å². The number of nitrogens with zero attached hydrogens (tertiary/aromatic N) is 4. The van der Waals surface area contributed by atoms with Crippen LogP contribution in [0.25, 0.3) is 5.69 Å². The zero-order chi connectivity index (χ0) is 14.8. The summed E-state index contributed by atoms with van der Waals surface area (Å²) in [5, 5.41) is 8.36. The van der Waals surface area contributed by atoms with E-state index in [-0.39, 0.29) is 0 Å². The van der Waals surface area contributed by atoms with Gasteiger partial charge in [0.15, 0.2) is 0 Å². The molecule has 0 saturated carbocycles. The van der Waals surface area contributed by atoms with Crippen molar-refractivity contribution in [1.29, 1.82) is 0 Å². The van der Waals surface area contributed by atoms with Crippen LogP contribution >= 0.6 is 11.6 Å². The van der Waals surface area contributed by atoms with E-state index in [9.17, 15) is 0 Å². The summed E-state index contributed by atoms with van der Waals surface area (Å²) in [6.07, 6.45) is 7.23. The van der Waals surface area contributed by atoms with Crippen LogP contribution in [0.2, 0.25) is 5.02 Å². The summed E-state index contributed by atoms with van der Waals surface area (Å²) in [5.41, 5.74) is 4.17. The summed E-state index contributed by atoms with van der Waals surface area (Å²) in [4.78, 5) is 4.08. The molecule has 0 aliphatic carbocycles. The monoisotopic (exact) mass is 301 g/mol. The highest BCUT2D eigenvalue weighted by atomic mass is 35.5. The largest absolute Gasteiger partial charge is 0.379 e. The third-order valence-electron chi connectivity index (χ3n) is 3.56. The van der Waals surface area contributed by atoms with Crippen molar-refractivity contribution >= 4 is 17.3 Å². The second kappa shape index (κ2) is 5.61. The number of hydrogen-bond donors (Lipinski definition) is 1. The molecule has 0 saturated heterocycles. The van der Waals surface area contributed by atoms with Crippen molar-refractivity contribution in [2.75, 3.05) is 5.32 Å². The molecular formula is C15H16ClN5. The van der Waals surface area contributed by atoms with Gasteiger partial charge in [-0.1, -0.05) is 17.7 Å². The molecule has 108 valence electrons. The molecule has 2 aromatic heterocycles. The fraction of sp³-hybridized carbons (Fsp3) is 0.200. The molecule has 21 heavy (non-hydrogen) atoms. The van der Waals surface area contributed by atoms with Gasteiger partial charge < -0.3 is 9.88 Å². The minimum atomic E-state index is 0.681. The van der Waals surface area contributed by atoms with Gasteiger partial charge in [-0.25, -0.2) is 4.98 Å². The van der Waals surface area contributed by atoms with E-state index in [1.54, 1.807) is 12.5 Å². The first-order valence-corrected chi connectivity index (χ1v) is 7.03. The van der Waals surface area contributed by atoms with E-state index >= 15 is 0 Å². The quantitative estimate of drug-likeness (QED) is 0.805. The maximum atomic E-state index is 6.33. The van der Waals surface area contributed by atoms with E-state index in [1.807, 2.05) is 46.9 Å². The van der Waals surface area contributed by atoms with Crippen LogP contribution in [0.5, 0.6) is 0 Å². The molecule has 1 N–H and O–H groups in total. The Morgan fingerprint density at radius 3 is 2.86 bits per heavy atom. The molecule has 0 fully saturated rings. The Morgan fingerprint density at radius 2 is 2.19 bits per heavy atom. The number of imidazole rings is 1. The smallest absolute Gasteiger partial charge is 0.0992 e. The maximum absolute atomic E-state index is 6.33. The van der Waals surface area contributed by atoms with Crippen LogP contribution in [-0.4, -0.2) is 19.3 Å². The first-order valence-electron chi connectivity index (χ1n) is 6.65. The standard InChI is InChI=1S/C15H16ClN5/c1-11-12(9-19-20(11)2)8-18-14-5-3-4-13(16)15(14)21-7-6-17-10-21/h3-7,9-10,18H,8H2,1-2H3. The van der Waals surface area contributed by atoms with Gasteiger partial charge in [0, 0.05) is 37.2 Å². The number of benzene rings is 1. The van der Waals surface area contributed by atoms with Gasteiger partial charge in [0.2, 0.25) is 0 Å². The second-order valence-corrected chi connectivity index (χ2v) is 5.25. The molecule has 2 heterocycles. The molecule has 0 aliphatic heterocycles. The highest BCUT2D eigenvalue weighted by Gasteiger charge is 2.10. The van der Waals surface area contributed by atoms with Gasteiger partial charge in [0.05, 0.1) is 28.9 Å². The van der Waals surface area contributed by atoms with Gasteiger partial charge in [-0.2, -0.15) is 5.10 Å². The predicted molar refractivity (Wildman–Crippen MR) is 83.8 cm³/mol. The lowest BCUT2D eigenvalue weighted by Crippen LogP contribution is -2.05. The van der Waals surface area contributed by atoms with Gasteiger partial charge in [-0.15, -0.1) is 0 Å². The average molecular weight is 302 g/mol. The number of aromatic nitrogens is 4. The van der Waals surface area contributed by atoms with Gasteiger partial charge in [0.25, 0.3) is 0 Å². The molecule has 0 spiro atoms. The Morgan fingerprint density at radius 1 is 1.33 bits per heavy atom. The van der Waals surface area contributed by atoms with Crippen molar-refractivity contribution in [1.82, 2.24) is 19.3 Å². The van der Waals surface area contributed by atoms with Gasteiger partial charge in [-0.3, -0.25) is 4.68 Å². The lowest BCUT2D eigenvalue weighted by atomic mass is 10.2. The average Bonchev–Trinajstić information content (AvgIpc) is 3.09. The number of halogens is 1. The first kappa shape index (κ1) is 13.7. The SMILES string of the molecule is Cc1c(CNc2cccc(Cl)c2-n2ccnc2)cnn1C. The fourth-order valence-electron chi connectivity index (χ4n) is 2.22. The van der Waals surface area contributed by atoms with E-state index in [4.69, 9.17) is 11.6 Å². The minimum absolute atomic E-state index is 0.681. The van der Waals surface area contributed by atoms with Crippen LogP contribution < -0.4 is 5.32 Å².